The van der Waals surface area contributed by atoms with Crippen molar-refractivity contribution in [3.05, 3.63) is 35.9 Å². The Labute approximate surface area is 820 Å². The maximum absolute atomic E-state index is 10.3. The van der Waals surface area contributed by atoms with E-state index in [9.17, 15) is 4.79 Å². The molecule has 52 atom stereocenters. The Bertz CT molecular complexity index is 2160. The summed E-state index contributed by atoms with van der Waals surface area (Å²) in [4.78, 5) is 10.3. The third-order valence-corrected chi connectivity index (χ3v) is 525. The van der Waals surface area contributed by atoms with Crippen LogP contribution in [-0.2, 0) is 4.79 Å². The fraction of sp³-hybridized carbons (Fsp3) is 0.222. The quantitative estimate of drug-likeness (QED) is 0.0505. The van der Waals surface area contributed by atoms with Crippen LogP contribution in [0.3, 0.4) is 0 Å². The number of carboxylic acids is 1. The van der Waals surface area contributed by atoms with Crippen molar-refractivity contribution in [1.82, 2.24) is 0 Å². The predicted molar refractivity (Wildman–Crippen MR) is 841 cm³/mol. The summed E-state index contributed by atoms with van der Waals surface area (Å²) >= 11 is 0. The van der Waals surface area contributed by atoms with E-state index in [1.165, 1.54) is 0 Å². The molecule has 0 aromatic heterocycles. The van der Waals surface area contributed by atoms with Gasteiger partial charge in [-0.25, -0.2) is 0 Å². The highest BCUT2D eigenvalue weighted by molar-refractivity contribution is 9.40. The van der Waals surface area contributed by atoms with E-state index in [2.05, 4.69) is 437 Å². The van der Waals surface area contributed by atoms with Crippen LogP contribution in [0.1, 0.15) is 18.0 Å². The molecule has 0 radical (unpaired) electrons. The lowest BCUT2D eigenvalue weighted by Gasteiger charge is -2.61. The molecule has 52 unspecified atom stereocenters. The summed E-state index contributed by atoms with van der Waals surface area (Å²) in [6, 6.07) is 10.8. The van der Waals surface area contributed by atoms with E-state index in [1.807, 2.05) is 30.3 Å². The van der Waals surface area contributed by atoms with E-state index < -0.39 is 307 Å². The van der Waals surface area contributed by atoms with Crippen LogP contribution in [0.5, 0.6) is 0 Å². The third kappa shape index (κ3) is 52.1. The number of carboxylic acid groups (broad SMARTS) is 1. The molecule has 1 aromatic carbocycles. The topological polar surface area (TPSA) is 63.3 Å². The minimum atomic E-state index is -0.869. The smallest absolute Gasteiger partial charge is 0.305 e. The normalized spacial score (nSPS) is 14.6. The van der Waals surface area contributed by atoms with Gasteiger partial charge in [-0.2, -0.15) is 0 Å². The van der Waals surface area contributed by atoms with Crippen molar-refractivity contribution >= 4 is 769 Å². The maximum atomic E-state index is 10.3. The minimum absolute atomic E-state index is 0.0238. The minimum Gasteiger partial charge on any atom is -0.481 e. The molecule has 0 aliphatic rings. The van der Waals surface area contributed by atoms with Gasteiger partial charge in [-0.1, -0.05) is 80.6 Å². The molecule has 3 nitrogen and oxygen atoms in total. The third-order valence-electron chi connectivity index (χ3n) is 11.8. The molecule has 0 bridgehead atoms. The standard InChI is InChI=1S/C9H11NO2.B5H98P91/c10-8(6-9(11)12)7-4-2-1-3-5-7;6-62(7)56(63(8)9)5(57(64(10)11)86(54)65(12)13)2(55(87(66(14)15)67(16)17)88(68(18)19)69(20)21)1(3(58(89(70(22)23)71(24)25)90(72(26)27)73(28)29)59(91(74(30)31)75(32)33)92(76(34)35)77(36)37)4(60(93(78(38)39)79(40)41)94(80(42)43)81(44)45)61(95(82(46)47)83(48)49)96(84(50)51)85(52)53/h1-5,8H,6,10H2,(H,11,12);6-54H2. The molecule has 0 amide bonds. The molecule has 1 aromatic rings. The largest absolute Gasteiger partial charge is 0.481 e. The van der Waals surface area contributed by atoms with Crippen LogP contribution in [0.4, 0.5) is 0 Å². The van der Waals surface area contributed by atoms with E-state index >= 15 is 0 Å². The zero-order valence-electron chi connectivity index (χ0n) is 56.6. The first-order chi connectivity index (χ1) is 49.3. The summed E-state index contributed by atoms with van der Waals surface area (Å²) in [6.45, 7) is -16.5. The molecular weight excluding hydrogens is 3030 g/mol. The molecule has 0 saturated heterocycles. The predicted octanol–water partition coefficient (Wildman–Crippen LogP) is 51.4. The molecule has 0 aliphatic heterocycles. The van der Waals surface area contributed by atoms with Gasteiger partial charge in [0.25, 0.3) is 0 Å². The first-order valence-electron chi connectivity index (χ1n) is 26.5. The summed E-state index contributed by atoms with van der Waals surface area (Å²) in [7, 11) is 179. The molecule has 108 heavy (non-hydrogen) atoms. The fourth-order valence-corrected chi connectivity index (χ4v) is 887. The lowest BCUT2D eigenvalue weighted by molar-refractivity contribution is -0.137. The van der Waals surface area contributed by atoms with E-state index in [4.69, 9.17) is 10.8 Å². The van der Waals surface area contributed by atoms with Crippen LogP contribution >= 0.6 is 732 Å². The zero-order valence-corrected chi connectivity index (χ0v) is 151. The van der Waals surface area contributed by atoms with Crippen LogP contribution in [0, 0.1) is 0 Å². The molecule has 0 spiro atoms. The van der Waals surface area contributed by atoms with E-state index in [0.29, 0.717) is 30.7 Å². The summed E-state index contributed by atoms with van der Waals surface area (Å²) in [5.41, 5.74) is 6.48. The van der Waals surface area contributed by atoms with Gasteiger partial charge in [0.15, 0.2) is 18.1 Å². The van der Waals surface area contributed by atoms with Gasteiger partial charge in [0.05, 0.1) is 12.8 Å². The van der Waals surface area contributed by atoms with Crippen molar-refractivity contribution in [3.63, 3.8) is 0 Å². The SMILES string of the molecule is NC(CC(=O)O)c1ccccc1.PP(P)P(P)P(B(B(B(B(P(P(P(P)P)P(P)P)P(P(P)P)P(P)P)P(P(P(P)P)P(P)P)P(P(P)P)P(P)P)B(P(P(P(P)P)P(P)P)P(P(P)P)P(P)P)P(P(P(P)P)P(P)P)P(P(P)P)P(P)P)P(P(P(P)P)P(P)P)P(P(P)P)P(P)P)P(P(P)P)P(P)P)P(P)P. The fourth-order valence-electron chi connectivity index (χ4n) is 8.76. The average Bonchev–Trinajstić information content (AvgIpc) is 0.708. The van der Waals surface area contributed by atoms with Gasteiger partial charge in [-0.3, -0.25) is 4.79 Å². The molecule has 3 N–H and O–H groups in total. The monoisotopic (exact) mass is 3140 g/mol. The Kier molecular flexibility index (Phi) is 108. The molecule has 0 aliphatic carbocycles. The van der Waals surface area contributed by atoms with E-state index in [0.717, 1.165) is 5.56 Å². The van der Waals surface area contributed by atoms with Crippen molar-refractivity contribution < 1.29 is 9.90 Å². The van der Waals surface area contributed by atoms with Gasteiger partial charge < -0.3 is 10.8 Å². The van der Waals surface area contributed by atoms with Gasteiger partial charge in [0.2, 0.25) is 0 Å². The molecule has 0 fully saturated rings. The lowest BCUT2D eigenvalue weighted by atomic mass is 8.92. The highest BCUT2D eigenvalue weighted by Crippen LogP contribution is 3.34. The number of aliphatic carboxylic acids is 1. The van der Waals surface area contributed by atoms with Crippen molar-refractivity contribution in [2.24, 2.45) is 5.73 Å². The van der Waals surface area contributed by atoms with Gasteiger partial charge in [-0.05, 0) is 250 Å². The molecule has 1 rings (SSSR count). The Morgan fingerprint density at radius 1 is 0.259 bits per heavy atom. The number of benzene rings is 1. The van der Waals surface area contributed by atoms with Crippen LogP contribution in [-0.4, -0.2) is 41.8 Å². The number of rotatable bonds is 49. The molecule has 0 heterocycles. The van der Waals surface area contributed by atoms with E-state index in [-0.39, 0.29) is 6.42 Å². The number of carbonyl (C=O) groups is 1. The van der Waals surface area contributed by atoms with Gasteiger partial charge in [0.1, 0.15) is 6.21 Å². The van der Waals surface area contributed by atoms with E-state index in [1.54, 1.807) is 0 Å². The van der Waals surface area contributed by atoms with Crippen molar-refractivity contribution in [2.45, 2.75) is 12.5 Å². The second kappa shape index (κ2) is 80.0. The lowest BCUT2D eigenvalue weighted by Crippen LogP contribution is -2.59. The molecule has 632 valence electrons. The Hall–Kier alpha value is 38.1. The molecule has 99 heteroatoms. The number of nitrogens with two attached hydrogens (primary N) is 1. The van der Waals surface area contributed by atoms with Gasteiger partial charge >= 0.3 is 5.97 Å². The van der Waals surface area contributed by atoms with Crippen molar-refractivity contribution in [1.29, 1.82) is 0 Å². The van der Waals surface area contributed by atoms with Crippen LogP contribution in [0.15, 0.2) is 30.3 Å². The Balaban J connectivity index is 0.00000860. The Morgan fingerprint density at radius 2 is 0.444 bits per heavy atom. The second-order valence-corrected chi connectivity index (χ2v) is 369. The first-order valence-corrected chi connectivity index (χ1v) is 187. The molecule has 0 saturated carbocycles. The van der Waals surface area contributed by atoms with Gasteiger partial charge in [-0.15, -0.1) is 437 Å². The highest BCUT2D eigenvalue weighted by atomic mass is 33.3. The molecular formula is C9H109B5NO2P91. The zero-order chi connectivity index (χ0) is 85.1. The maximum Gasteiger partial charge on any atom is 0.305 e. The van der Waals surface area contributed by atoms with Crippen LogP contribution < -0.4 is 5.73 Å². The number of hydrogen-bond donors (Lipinski definition) is 2. The average molecular weight is 3140 g/mol. The summed E-state index contributed by atoms with van der Waals surface area (Å²) in [6.07, 6.45) is 1.17. The van der Waals surface area contributed by atoms with Crippen LogP contribution in [0.2, 0.25) is 0 Å². The number of hydrogen-bond acceptors (Lipinski definition) is 2. The van der Waals surface area contributed by atoms with Crippen LogP contribution in [0.25, 0.3) is 0 Å². The summed E-state index contributed by atoms with van der Waals surface area (Å²) < 4.78 is 0. The second-order valence-electron chi connectivity index (χ2n) is 19.3. The first kappa shape index (κ1) is 146. The van der Waals surface area contributed by atoms with Crippen molar-refractivity contribution in [2.75, 3.05) is 0 Å². The highest BCUT2D eigenvalue weighted by Gasteiger charge is 2.71. The summed E-state index contributed by atoms with van der Waals surface area (Å²) in [5, 5.41) is 8.47. The Morgan fingerprint density at radius 3 is 0.602 bits per heavy atom. The van der Waals surface area contributed by atoms with Gasteiger partial charge in [0, 0.05) is 6.04 Å². The van der Waals surface area contributed by atoms with Crippen molar-refractivity contribution in [3.8, 4) is 0 Å². The summed E-state index contributed by atoms with van der Waals surface area (Å²) in [5.74, 6) is -0.869.